The van der Waals surface area contributed by atoms with Crippen LogP contribution in [0, 0.1) is 6.92 Å². The van der Waals surface area contributed by atoms with Gasteiger partial charge in [-0.25, -0.2) is 0 Å². The zero-order valence-corrected chi connectivity index (χ0v) is 12.6. The van der Waals surface area contributed by atoms with Gasteiger partial charge in [0.1, 0.15) is 10.1 Å². The molecule has 2 heterocycles. The van der Waals surface area contributed by atoms with Crippen molar-refractivity contribution in [1.29, 1.82) is 0 Å². The van der Waals surface area contributed by atoms with Gasteiger partial charge in [-0.15, -0.1) is 11.3 Å². The van der Waals surface area contributed by atoms with Crippen molar-refractivity contribution in [2.75, 3.05) is 0 Å². The number of thiophene rings is 1. The number of ketones is 2. The van der Waals surface area contributed by atoms with Gasteiger partial charge in [0.05, 0.1) is 18.0 Å². The monoisotopic (exact) mass is 311 g/mol. The van der Waals surface area contributed by atoms with Gasteiger partial charge >= 0.3 is 0 Å². The SMILES string of the molecule is Cc1sc(Cl)c2c1CN([C@H]1CCCC(=O)CC1=O)C2=O. The van der Waals surface area contributed by atoms with Crippen LogP contribution >= 0.6 is 22.9 Å². The third kappa shape index (κ3) is 2.09. The molecule has 0 aromatic carbocycles. The number of aryl methyl sites for hydroxylation is 1. The third-order valence-electron chi connectivity index (χ3n) is 4.02. The minimum absolute atomic E-state index is 0.0208. The van der Waals surface area contributed by atoms with E-state index < -0.39 is 6.04 Å². The minimum atomic E-state index is -0.471. The van der Waals surface area contributed by atoms with Crippen LogP contribution in [0.1, 0.15) is 46.5 Å². The second-order valence-corrected chi connectivity index (χ2v) is 7.14. The maximum atomic E-state index is 12.5. The van der Waals surface area contributed by atoms with Crippen molar-refractivity contribution in [2.24, 2.45) is 0 Å². The van der Waals surface area contributed by atoms with Gasteiger partial charge in [-0.05, 0) is 25.3 Å². The summed E-state index contributed by atoms with van der Waals surface area (Å²) in [5.74, 6) is -0.321. The lowest BCUT2D eigenvalue weighted by Crippen LogP contribution is -2.41. The third-order valence-corrected chi connectivity index (χ3v) is 5.38. The average molecular weight is 312 g/mol. The first-order valence-electron chi connectivity index (χ1n) is 6.62. The van der Waals surface area contributed by atoms with Crippen molar-refractivity contribution in [3.63, 3.8) is 0 Å². The quantitative estimate of drug-likeness (QED) is 0.592. The fourth-order valence-electron chi connectivity index (χ4n) is 2.97. The number of carbonyl (C=O) groups excluding carboxylic acids is 3. The number of nitrogens with zero attached hydrogens (tertiary/aromatic N) is 1. The summed E-state index contributed by atoms with van der Waals surface area (Å²) < 4.78 is 0.502. The molecule has 1 aliphatic heterocycles. The lowest BCUT2D eigenvalue weighted by atomic mass is 10.1. The Morgan fingerprint density at radius 1 is 1.30 bits per heavy atom. The molecule has 1 fully saturated rings. The van der Waals surface area contributed by atoms with Crippen LogP contribution in [-0.4, -0.2) is 28.4 Å². The topological polar surface area (TPSA) is 54.5 Å². The molecule has 0 unspecified atom stereocenters. The van der Waals surface area contributed by atoms with Crippen molar-refractivity contribution in [1.82, 2.24) is 4.90 Å². The Hall–Kier alpha value is -1.20. The molecule has 0 saturated heterocycles. The molecule has 2 aliphatic rings. The summed E-state index contributed by atoms with van der Waals surface area (Å²) in [6.45, 7) is 2.37. The van der Waals surface area contributed by atoms with E-state index in [0.717, 1.165) is 10.4 Å². The highest BCUT2D eigenvalue weighted by Crippen LogP contribution is 2.39. The second kappa shape index (κ2) is 4.97. The van der Waals surface area contributed by atoms with E-state index in [0.29, 0.717) is 35.7 Å². The number of amides is 1. The van der Waals surface area contributed by atoms with Gasteiger partial charge in [0.2, 0.25) is 0 Å². The predicted octanol–water partition coefficient (Wildman–Crippen LogP) is 2.75. The fraction of sp³-hybridized carbons (Fsp3) is 0.500. The highest BCUT2D eigenvalue weighted by Gasteiger charge is 2.40. The Morgan fingerprint density at radius 3 is 2.75 bits per heavy atom. The first-order chi connectivity index (χ1) is 9.49. The van der Waals surface area contributed by atoms with Gasteiger partial charge in [-0.3, -0.25) is 14.4 Å². The number of carbonyl (C=O) groups is 3. The largest absolute Gasteiger partial charge is 0.324 e. The van der Waals surface area contributed by atoms with Crippen molar-refractivity contribution in [2.45, 2.75) is 45.2 Å². The molecule has 6 heteroatoms. The second-order valence-electron chi connectivity index (χ2n) is 5.31. The molecule has 1 aromatic heterocycles. The van der Waals surface area contributed by atoms with Crippen LogP contribution in [0.2, 0.25) is 4.34 Å². The Bertz CT molecular complexity index is 622. The van der Waals surface area contributed by atoms with Crippen molar-refractivity contribution in [3.05, 3.63) is 20.3 Å². The van der Waals surface area contributed by atoms with Gasteiger partial charge in [0, 0.05) is 17.8 Å². The molecule has 1 aliphatic carbocycles. The molecule has 0 bridgehead atoms. The van der Waals surface area contributed by atoms with Gasteiger partial charge in [0.25, 0.3) is 5.91 Å². The van der Waals surface area contributed by atoms with E-state index in [2.05, 4.69) is 0 Å². The summed E-state index contributed by atoms with van der Waals surface area (Å²) in [5, 5.41) is 0. The maximum Gasteiger partial charge on any atom is 0.257 e. The van der Waals surface area contributed by atoms with E-state index in [4.69, 9.17) is 11.6 Å². The number of fused-ring (bicyclic) bond motifs is 1. The van der Waals surface area contributed by atoms with Gasteiger partial charge < -0.3 is 4.90 Å². The van der Waals surface area contributed by atoms with Crippen LogP contribution in [0.5, 0.6) is 0 Å². The molecule has 1 aromatic rings. The van der Waals surface area contributed by atoms with E-state index in [-0.39, 0.29) is 23.9 Å². The number of hydrogen-bond donors (Lipinski definition) is 0. The van der Waals surface area contributed by atoms with Crippen LogP contribution in [0.15, 0.2) is 0 Å². The normalized spacial score (nSPS) is 23.2. The fourth-order valence-corrected chi connectivity index (χ4v) is 4.38. The average Bonchev–Trinajstić information content (AvgIpc) is 2.78. The summed E-state index contributed by atoms with van der Waals surface area (Å²) >= 11 is 7.52. The standard InChI is InChI=1S/C14H14ClNO3S/c1-7-9-6-16(14(19)12(9)13(15)20-7)10-4-2-3-8(17)5-11(10)18/h10H,2-6H2,1H3/t10-/m0/s1. The first kappa shape index (κ1) is 13.8. The number of halogens is 1. The molecule has 4 nitrogen and oxygen atoms in total. The van der Waals surface area contributed by atoms with Crippen LogP contribution in [-0.2, 0) is 16.1 Å². The summed E-state index contributed by atoms with van der Waals surface area (Å²) in [6, 6.07) is -0.471. The number of hydrogen-bond acceptors (Lipinski definition) is 4. The van der Waals surface area contributed by atoms with E-state index in [1.54, 1.807) is 4.90 Å². The molecule has 1 saturated carbocycles. The smallest absolute Gasteiger partial charge is 0.257 e. The first-order valence-corrected chi connectivity index (χ1v) is 7.81. The lowest BCUT2D eigenvalue weighted by Gasteiger charge is -2.25. The molecule has 3 rings (SSSR count). The van der Waals surface area contributed by atoms with Crippen molar-refractivity contribution >= 4 is 40.4 Å². The summed E-state index contributed by atoms with van der Waals surface area (Å²) in [7, 11) is 0. The molecule has 0 spiro atoms. The maximum absolute atomic E-state index is 12.5. The van der Waals surface area contributed by atoms with Crippen LogP contribution in [0.3, 0.4) is 0 Å². The Labute approximate surface area is 125 Å². The van der Waals surface area contributed by atoms with Gasteiger partial charge in [0.15, 0.2) is 5.78 Å². The Kier molecular flexibility index (Phi) is 3.42. The van der Waals surface area contributed by atoms with Crippen molar-refractivity contribution < 1.29 is 14.4 Å². The lowest BCUT2D eigenvalue weighted by molar-refractivity contribution is -0.128. The molecule has 0 radical (unpaired) electrons. The van der Waals surface area contributed by atoms with E-state index >= 15 is 0 Å². The highest BCUT2D eigenvalue weighted by atomic mass is 35.5. The molecule has 106 valence electrons. The van der Waals surface area contributed by atoms with E-state index in [1.807, 2.05) is 6.92 Å². The molecule has 1 amide bonds. The predicted molar refractivity (Wildman–Crippen MR) is 76.2 cm³/mol. The van der Waals surface area contributed by atoms with E-state index in [1.165, 1.54) is 11.3 Å². The zero-order valence-electron chi connectivity index (χ0n) is 11.1. The van der Waals surface area contributed by atoms with Crippen LogP contribution in [0.4, 0.5) is 0 Å². The molecular weight excluding hydrogens is 298 g/mol. The Balaban J connectivity index is 1.90. The number of rotatable bonds is 1. The summed E-state index contributed by atoms with van der Waals surface area (Å²) in [4.78, 5) is 38.7. The minimum Gasteiger partial charge on any atom is -0.324 e. The molecule has 1 atom stereocenters. The number of Topliss-reactive ketones (excluding diaryl/α,β-unsaturated/α-hetero) is 2. The Morgan fingerprint density at radius 2 is 2.05 bits per heavy atom. The highest BCUT2D eigenvalue weighted by molar-refractivity contribution is 7.16. The molecular formula is C14H14ClNO3S. The molecule has 20 heavy (non-hydrogen) atoms. The van der Waals surface area contributed by atoms with E-state index in [9.17, 15) is 14.4 Å². The molecule has 0 N–H and O–H groups in total. The van der Waals surface area contributed by atoms with Crippen LogP contribution in [0.25, 0.3) is 0 Å². The van der Waals surface area contributed by atoms with Crippen molar-refractivity contribution in [3.8, 4) is 0 Å². The van der Waals surface area contributed by atoms with Gasteiger partial charge in [-0.1, -0.05) is 11.6 Å². The van der Waals surface area contributed by atoms with Gasteiger partial charge in [-0.2, -0.15) is 0 Å². The van der Waals surface area contributed by atoms with Crippen LogP contribution < -0.4 is 0 Å². The zero-order chi connectivity index (χ0) is 14.4. The summed E-state index contributed by atoms with van der Waals surface area (Å²) in [5.41, 5.74) is 1.49. The summed E-state index contributed by atoms with van der Waals surface area (Å²) in [6.07, 6.45) is 1.62.